The molecule has 0 spiro atoms. The first kappa shape index (κ1) is 19.8. The molecular formula is C22H26N4O2. The van der Waals surface area contributed by atoms with Gasteiger partial charge in [0.25, 0.3) is 5.88 Å². The van der Waals surface area contributed by atoms with Crippen LogP contribution < -0.4 is 10.1 Å². The predicted octanol–water partition coefficient (Wildman–Crippen LogP) is 3.52. The molecule has 1 saturated carbocycles. The lowest BCUT2D eigenvalue weighted by molar-refractivity contribution is -0.121. The molecule has 1 amide bonds. The van der Waals surface area contributed by atoms with Crippen molar-refractivity contribution in [2.75, 3.05) is 0 Å². The Bertz CT molecular complexity index is 834. The molecule has 1 aromatic heterocycles. The van der Waals surface area contributed by atoms with E-state index in [2.05, 4.69) is 41.3 Å². The number of aromatic nitrogens is 2. The highest BCUT2D eigenvalue weighted by atomic mass is 16.5. The van der Waals surface area contributed by atoms with Crippen LogP contribution in [0.1, 0.15) is 62.3 Å². The lowest BCUT2D eigenvalue weighted by Gasteiger charge is -2.29. The molecule has 6 nitrogen and oxygen atoms in total. The molecule has 0 saturated heterocycles. The summed E-state index contributed by atoms with van der Waals surface area (Å²) >= 11 is 0. The Morgan fingerprint density at radius 1 is 1.18 bits per heavy atom. The smallest absolute Gasteiger partial charge is 0.251 e. The van der Waals surface area contributed by atoms with Gasteiger partial charge in [-0.05, 0) is 42.7 Å². The topological polar surface area (TPSA) is 87.9 Å². The van der Waals surface area contributed by atoms with Gasteiger partial charge in [-0.15, -0.1) is 0 Å². The maximum atomic E-state index is 12.4. The van der Waals surface area contributed by atoms with Gasteiger partial charge >= 0.3 is 0 Å². The summed E-state index contributed by atoms with van der Waals surface area (Å²) < 4.78 is 5.85. The fourth-order valence-corrected chi connectivity index (χ4v) is 3.46. The fraction of sp³-hybridized carbons (Fsp3) is 0.455. The Kier molecular flexibility index (Phi) is 6.59. The van der Waals surface area contributed by atoms with Gasteiger partial charge in [-0.2, -0.15) is 5.26 Å². The van der Waals surface area contributed by atoms with Gasteiger partial charge in [-0.1, -0.05) is 38.1 Å². The minimum Gasteiger partial charge on any atom is -0.472 e. The monoisotopic (exact) mass is 378 g/mol. The number of nitrogens with one attached hydrogen (secondary N) is 1. The van der Waals surface area contributed by atoms with Gasteiger partial charge in [0.1, 0.15) is 12.2 Å². The van der Waals surface area contributed by atoms with Crippen LogP contribution in [0.3, 0.4) is 0 Å². The van der Waals surface area contributed by atoms with Crippen molar-refractivity contribution in [3.8, 4) is 11.9 Å². The van der Waals surface area contributed by atoms with Gasteiger partial charge in [0.2, 0.25) is 11.6 Å². The number of nitriles is 1. The minimum absolute atomic E-state index is 0.000491. The van der Waals surface area contributed by atoms with Crippen LogP contribution in [-0.4, -0.2) is 28.0 Å². The molecule has 1 aromatic carbocycles. The van der Waals surface area contributed by atoms with Crippen LogP contribution in [0.2, 0.25) is 0 Å². The van der Waals surface area contributed by atoms with Crippen LogP contribution in [-0.2, 0) is 11.2 Å². The summed E-state index contributed by atoms with van der Waals surface area (Å²) in [5, 5.41) is 12.2. The second-order valence-electron chi connectivity index (χ2n) is 7.55. The van der Waals surface area contributed by atoms with Crippen molar-refractivity contribution in [2.24, 2.45) is 0 Å². The summed E-state index contributed by atoms with van der Waals surface area (Å²) in [6.07, 6.45) is 6.74. The van der Waals surface area contributed by atoms with Crippen LogP contribution in [0, 0.1) is 11.3 Å². The van der Waals surface area contributed by atoms with Crippen LogP contribution in [0.15, 0.2) is 36.7 Å². The Morgan fingerprint density at radius 2 is 1.86 bits per heavy atom. The standard InChI is InChI=1S/C22H26N4O2/c1-15(2)17-5-3-16(4-6-17)13-21(27)26-18-7-9-19(10-8-18)28-22-20(14-23)24-11-12-25-22/h3-6,11-12,15,18-19H,7-10,13H2,1-2H3,(H,26,27). The van der Waals surface area contributed by atoms with Crippen molar-refractivity contribution in [1.29, 1.82) is 5.26 Å². The lowest BCUT2D eigenvalue weighted by atomic mass is 9.92. The quantitative estimate of drug-likeness (QED) is 0.831. The lowest BCUT2D eigenvalue weighted by Crippen LogP contribution is -2.40. The molecule has 1 N–H and O–H groups in total. The van der Waals surface area contributed by atoms with Gasteiger partial charge in [-0.25, -0.2) is 9.97 Å². The fourth-order valence-electron chi connectivity index (χ4n) is 3.46. The molecule has 146 valence electrons. The SMILES string of the molecule is CC(C)c1ccc(CC(=O)NC2CCC(Oc3nccnc3C#N)CC2)cc1. The molecule has 0 unspecified atom stereocenters. The van der Waals surface area contributed by atoms with Crippen molar-refractivity contribution in [1.82, 2.24) is 15.3 Å². The summed E-state index contributed by atoms with van der Waals surface area (Å²) in [7, 11) is 0. The molecule has 2 aromatic rings. The van der Waals surface area contributed by atoms with Crippen LogP contribution in [0.4, 0.5) is 0 Å². The summed E-state index contributed by atoms with van der Waals surface area (Å²) in [6.45, 7) is 4.32. The molecule has 3 rings (SSSR count). The average molecular weight is 378 g/mol. The summed E-state index contributed by atoms with van der Waals surface area (Å²) in [5.41, 5.74) is 2.53. The van der Waals surface area contributed by atoms with Crippen LogP contribution in [0.5, 0.6) is 5.88 Å². The third kappa shape index (κ3) is 5.29. The van der Waals surface area contributed by atoms with E-state index < -0.39 is 0 Å². The largest absolute Gasteiger partial charge is 0.472 e. The van der Waals surface area contributed by atoms with Crippen LogP contribution >= 0.6 is 0 Å². The van der Waals surface area contributed by atoms with E-state index in [-0.39, 0.29) is 23.7 Å². The van der Waals surface area contributed by atoms with E-state index >= 15 is 0 Å². The Balaban J connectivity index is 1.45. The van der Waals surface area contributed by atoms with Crippen LogP contribution in [0.25, 0.3) is 0 Å². The molecule has 6 heteroatoms. The maximum absolute atomic E-state index is 12.4. The summed E-state index contributed by atoms with van der Waals surface area (Å²) in [6, 6.07) is 10.4. The number of benzene rings is 1. The van der Waals surface area contributed by atoms with E-state index in [1.54, 1.807) is 0 Å². The molecule has 0 atom stereocenters. The Hall–Kier alpha value is -2.94. The first-order valence-corrected chi connectivity index (χ1v) is 9.81. The Morgan fingerprint density at radius 3 is 2.50 bits per heavy atom. The van der Waals surface area contributed by atoms with Crippen molar-refractivity contribution in [2.45, 2.75) is 64.0 Å². The van der Waals surface area contributed by atoms with E-state index in [0.717, 1.165) is 31.2 Å². The first-order chi connectivity index (χ1) is 13.5. The molecular weight excluding hydrogens is 352 g/mol. The summed E-state index contributed by atoms with van der Waals surface area (Å²) in [5.74, 6) is 0.844. The van der Waals surface area contributed by atoms with E-state index in [1.165, 1.54) is 18.0 Å². The Labute approximate surface area is 166 Å². The molecule has 0 bridgehead atoms. The molecule has 1 aliphatic rings. The van der Waals surface area contributed by atoms with Gasteiger partial charge < -0.3 is 10.1 Å². The normalized spacial score (nSPS) is 19.1. The second-order valence-corrected chi connectivity index (χ2v) is 7.55. The highest BCUT2D eigenvalue weighted by Gasteiger charge is 2.24. The third-order valence-electron chi connectivity index (χ3n) is 5.10. The number of carbonyl (C=O) groups is 1. The van der Waals surface area contributed by atoms with Gasteiger partial charge in [0.05, 0.1) is 6.42 Å². The van der Waals surface area contributed by atoms with Gasteiger partial charge in [0.15, 0.2) is 0 Å². The molecule has 0 aliphatic heterocycles. The molecule has 1 aliphatic carbocycles. The van der Waals surface area contributed by atoms with Crippen molar-refractivity contribution in [3.05, 3.63) is 53.5 Å². The number of carbonyl (C=O) groups excluding carboxylic acids is 1. The zero-order chi connectivity index (χ0) is 19.9. The van der Waals surface area contributed by atoms with E-state index in [9.17, 15) is 4.79 Å². The van der Waals surface area contributed by atoms with Crippen molar-refractivity contribution >= 4 is 5.91 Å². The third-order valence-corrected chi connectivity index (χ3v) is 5.10. The van der Waals surface area contributed by atoms with Crippen molar-refractivity contribution < 1.29 is 9.53 Å². The predicted molar refractivity (Wildman–Crippen MR) is 106 cm³/mol. The number of hydrogen-bond acceptors (Lipinski definition) is 5. The van der Waals surface area contributed by atoms with E-state index in [0.29, 0.717) is 18.2 Å². The van der Waals surface area contributed by atoms with E-state index in [4.69, 9.17) is 10.00 Å². The maximum Gasteiger partial charge on any atom is 0.251 e. The highest BCUT2D eigenvalue weighted by molar-refractivity contribution is 5.78. The average Bonchev–Trinajstić information content (AvgIpc) is 2.70. The van der Waals surface area contributed by atoms with Crippen molar-refractivity contribution in [3.63, 3.8) is 0 Å². The van der Waals surface area contributed by atoms with Gasteiger partial charge in [0, 0.05) is 18.4 Å². The highest BCUT2D eigenvalue weighted by Crippen LogP contribution is 2.24. The number of nitrogens with zero attached hydrogens (tertiary/aromatic N) is 3. The summed E-state index contributed by atoms with van der Waals surface area (Å²) in [4.78, 5) is 20.4. The van der Waals surface area contributed by atoms with E-state index in [1.807, 2.05) is 18.2 Å². The van der Waals surface area contributed by atoms with Gasteiger partial charge in [-0.3, -0.25) is 4.79 Å². The first-order valence-electron chi connectivity index (χ1n) is 9.81. The number of rotatable bonds is 6. The molecule has 1 fully saturated rings. The number of amides is 1. The number of hydrogen-bond donors (Lipinski definition) is 1. The zero-order valence-electron chi connectivity index (χ0n) is 16.4. The zero-order valence-corrected chi connectivity index (χ0v) is 16.4. The molecule has 28 heavy (non-hydrogen) atoms. The minimum atomic E-state index is 0.000491. The number of ether oxygens (including phenoxy) is 1. The molecule has 1 heterocycles. The second kappa shape index (κ2) is 9.32. The molecule has 0 radical (unpaired) electrons.